The summed E-state index contributed by atoms with van der Waals surface area (Å²) in [4.78, 5) is 15.5. The molecule has 4 nitrogen and oxygen atoms in total. The Labute approximate surface area is 117 Å². The van der Waals surface area contributed by atoms with Crippen LogP contribution < -0.4 is 0 Å². The number of halogens is 1. The van der Waals surface area contributed by atoms with E-state index in [-0.39, 0.29) is 18.3 Å². The van der Waals surface area contributed by atoms with E-state index in [1.165, 1.54) is 23.8 Å². The molecule has 1 saturated heterocycles. The van der Waals surface area contributed by atoms with Gasteiger partial charge in [0.1, 0.15) is 5.82 Å². The molecule has 3 rings (SSSR count). The Balaban J connectivity index is 0.00000120. The summed E-state index contributed by atoms with van der Waals surface area (Å²) in [6, 6.07) is 0. The highest BCUT2D eigenvalue weighted by Gasteiger charge is 2.29. The second kappa shape index (κ2) is 5.53. The summed E-state index contributed by atoms with van der Waals surface area (Å²) in [5.74, 6) is 3.27. The van der Waals surface area contributed by atoms with Crippen molar-refractivity contribution in [2.75, 3.05) is 11.5 Å². The van der Waals surface area contributed by atoms with E-state index in [0.29, 0.717) is 12.3 Å². The molecule has 2 atom stereocenters. The number of carboxylic acid groups (broad SMARTS) is 1. The smallest absolute Gasteiger partial charge is 0.306 e. The largest absolute Gasteiger partial charge is 0.481 e. The summed E-state index contributed by atoms with van der Waals surface area (Å²) in [6.07, 6.45) is 4.48. The molecule has 0 aromatic carbocycles. The number of hydrogen-bond acceptors (Lipinski definition) is 3. The van der Waals surface area contributed by atoms with Crippen molar-refractivity contribution in [2.45, 2.75) is 31.7 Å². The zero-order valence-electron chi connectivity index (χ0n) is 10.0. The van der Waals surface area contributed by atoms with Gasteiger partial charge in [0.15, 0.2) is 0 Å². The average Bonchev–Trinajstić information content (AvgIpc) is 2.96. The number of fused-ring (bicyclic) bond motifs is 1. The summed E-state index contributed by atoms with van der Waals surface area (Å²) >= 11 is 1.99. The number of hydrogen-bond donors (Lipinski definition) is 1. The number of carbonyl (C=O) groups is 1. The quantitative estimate of drug-likeness (QED) is 0.906. The predicted octanol–water partition coefficient (Wildman–Crippen LogP) is 2.17. The summed E-state index contributed by atoms with van der Waals surface area (Å²) in [6.45, 7) is 0.822. The highest BCUT2D eigenvalue weighted by Crippen LogP contribution is 2.34. The Morgan fingerprint density at radius 3 is 3.00 bits per heavy atom. The van der Waals surface area contributed by atoms with Gasteiger partial charge in [-0.3, -0.25) is 4.79 Å². The van der Waals surface area contributed by atoms with Crippen LogP contribution in [0.5, 0.6) is 0 Å². The first-order valence-electron chi connectivity index (χ1n) is 6.10. The van der Waals surface area contributed by atoms with Gasteiger partial charge >= 0.3 is 5.97 Å². The molecular formula is C12H17ClN2O2S. The normalized spacial score (nSPS) is 26.4. The van der Waals surface area contributed by atoms with Gasteiger partial charge in [0.25, 0.3) is 0 Å². The van der Waals surface area contributed by atoms with E-state index >= 15 is 0 Å². The summed E-state index contributed by atoms with van der Waals surface area (Å²) < 4.78 is 2.26. The molecule has 0 spiro atoms. The van der Waals surface area contributed by atoms with Crippen LogP contribution in [0.3, 0.4) is 0 Å². The topological polar surface area (TPSA) is 55.1 Å². The maximum atomic E-state index is 11.0. The van der Waals surface area contributed by atoms with Crippen LogP contribution in [0.25, 0.3) is 0 Å². The van der Waals surface area contributed by atoms with E-state index in [2.05, 4.69) is 9.55 Å². The minimum absolute atomic E-state index is 0. The second-order valence-corrected chi connectivity index (χ2v) is 6.00. The van der Waals surface area contributed by atoms with Crippen molar-refractivity contribution >= 4 is 30.1 Å². The van der Waals surface area contributed by atoms with Crippen molar-refractivity contribution in [1.82, 2.24) is 9.55 Å². The third-order valence-corrected chi connectivity index (χ3v) is 4.93. The monoisotopic (exact) mass is 288 g/mol. The van der Waals surface area contributed by atoms with Gasteiger partial charge in [-0.15, -0.1) is 12.4 Å². The first-order chi connectivity index (χ1) is 8.25. The molecule has 1 aromatic rings. The van der Waals surface area contributed by atoms with Crippen LogP contribution in [0.2, 0.25) is 0 Å². The Hall–Kier alpha value is -0.680. The molecule has 0 bridgehead atoms. The fraction of sp³-hybridized carbons (Fsp3) is 0.667. The predicted molar refractivity (Wildman–Crippen MR) is 73.6 cm³/mol. The van der Waals surface area contributed by atoms with Crippen LogP contribution in [-0.4, -0.2) is 32.1 Å². The van der Waals surface area contributed by atoms with Crippen LogP contribution in [0.4, 0.5) is 0 Å². The third-order valence-electron chi connectivity index (χ3n) is 3.77. The molecule has 0 amide bonds. The maximum absolute atomic E-state index is 11.0. The number of imidazole rings is 1. The van der Waals surface area contributed by atoms with Crippen molar-refractivity contribution in [1.29, 1.82) is 0 Å². The number of nitrogens with zero attached hydrogens (tertiary/aromatic N) is 2. The molecule has 2 unspecified atom stereocenters. The number of thioether (sulfide) groups is 1. The fourth-order valence-electron chi connectivity index (χ4n) is 2.76. The zero-order chi connectivity index (χ0) is 11.8. The number of carboxylic acids is 1. The van der Waals surface area contributed by atoms with E-state index in [1.807, 2.05) is 18.0 Å². The average molecular weight is 289 g/mol. The van der Waals surface area contributed by atoms with E-state index in [1.54, 1.807) is 0 Å². The van der Waals surface area contributed by atoms with Gasteiger partial charge in [-0.05, 0) is 18.6 Å². The molecule has 2 aliphatic rings. The van der Waals surface area contributed by atoms with E-state index in [4.69, 9.17) is 5.11 Å². The van der Waals surface area contributed by atoms with Gasteiger partial charge in [-0.25, -0.2) is 4.98 Å². The molecule has 1 fully saturated rings. The standard InChI is InChI=1S/C12H16N2O2S.ClH/c15-12(16)8-1-3-14-10(5-8)6-13-11(14)9-2-4-17-7-9;/h6,8-9H,1-5,7H2,(H,15,16);1H. The van der Waals surface area contributed by atoms with Crippen LogP contribution in [0, 0.1) is 5.92 Å². The van der Waals surface area contributed by atoms with Crippen LogP contribution in [-0.2, 0) is 17.8 Å². The van der Waals surface area contributed by atoms with E-state index < -0.39 is 5.97 Å². The summed E-state index contributed by atoms with van der Waals surface area (Å²) in [5.41, 5.74) is 1.11. The highest BCUT2D eigenvalue weighted by molar-refractivity contribution is 7.99. The van der Waals surface area contributed by atoms with Crippen molar-refractivity contribution in [3.8, 4) is 0 Å². The molecular weight excluding hydrogens is 272 g/mol. The van der Waals surface area contributed by atoms with Gasteiger partial charge in [0.2, 0.25) is 0 Å². The third kappa shape index (κ3) is 2.38. The van der Waals surface area contributed by atoms with Crippen LogP contribution in [0.15, 0.2) is 6.20 Å². The Morgan fingerprint density at radius 1 is 1.50 bits per heavy atom. The van der Waals surface area contributed by atoms with Crippen molar-refractivity contribution in [2.24, 2.45) is 5.92 Å². The molecule has 6 heteroatoms. The first kappa shape index (κ1) is 13.7. The van der Waals surface area contributed by atoms with Gasteiger partial charge in [0.05, 0.1) is 5.92 Å². The molecule has 0 aliphatic carbocycles. The van der Waals surface area contributed by atoms with Gasteiger partial charge in [-0.2, -0.15) is 11.8 Å². The molecule has 1 N–H and O–H groups in total. The molecule has 3 heterocycles. The van der Waals surface area contributed by atoms with E-state index in [0.717, 1.165) is 18.7 Å². The maximum Gasteiger partial charge on any atom is 0.306 e. The Kier molecular flexibility index (Phi) is 4.22. The molecule has 18 heavy (non-hydrogen) atoms. The molecule has 2 aliphatic heterocycles. The number of aliphatic carboxylic acids is 1. The van der Waals surface area contributed by atoms with Gasteiger partial charge in [0, 0.05) is 36.5 Å². The van der Waals surface area contributed by atoms with Crippen molar-refractivity contribution in [3.05, 3.63) is 17.7 Å². The lowest BCUT2D eigenvalue weighted by Gasteiger charge is -2.23. The molecule has 100 valence electrons. The number of aromatic nitrogens is 2. The van der Waals surface area contributed by atoms with Crippen LogP contribution in [0.1, 0.15) is 30.3 Å². The second-order valence-electron chi connectivity index (χ2n) is 4.85. The summed E-state index contributed by atoms with van der Waals surface area (Å²) in [7, 11) is 0. The summed E-state index contributed by atoms with van der Waals surface area (Å²) in [5, 5.41) is 9.05. The lowest BCUT2D eigenvalue weighted by Crippen LogP contribution is -2.26. The molecule has 1 aromatic heterocycles. The Bertz CT molecular complexity index is 443. The minimum atomic E-state index is -0.671. The highest BCUT2D eigenvalue weighted by atomic mass is 35.5. The molecule has 0 radical (unpaired) electrons. The molecule has 0 saturated carbocycles. The zero-order valence-corrected chi connectivity index (χ0v) is 11.7. The Morgan fingerprint density at radius 2 is 2.33 bits per heavy atom. The minimum Gasteiger partial charge on any atom is -0.481 e. The lowest BCUT2D eigenvalue weighted by molar-refractivity contribution is -0.142. The fourth-order valence-corrected chi connectivity index (χ4v) is 3.98. The lowest BCUT2D eigenvalue weighted by atomic mass is 9.96. The first-order valence-corrected chi connectivity index (χ1v) is 7.26. The van der Waals surface area contributed by atoms with Gasteiger partial charge in [-0.1, -0.05) is 0 Å². The number of rotatable bonds is 2. The van der Waals surface area contributed by atoms with E-state index in [9.17, 15) is 4.79 Å². The van der Waals surface area contributed by atoms with Crippen molar-refractivity contribution < 1.29 is 9.90 Å². The van der Waals surface area contributed by atoms with Gasteiger partial charge < -0.3 is 9.67 Å². The van der Waals surface area contributed by atoms with Crippen LogP contribution >= 0.6 is 24.2 Å². The van der Waals surface area contributed by atoms with Crippen molar-refractivity contribution in [3.63, 3.8) is 0 Å². The SMILES string of the molecule is Cl.O=C(O)C1CCn2c(cnc2C2CCSC2)C1.